The molecule has 1 atom stereocenters. The maximum absolute atomic E-state index is 12.8. The fourth-order valence-electron chi connectivity index (χ4n) is 3.74. The standard InChI is InChI=1S/C19H26N4O3/c24-19(14-21-6-9-25-10-7-21)23-8-11-26-15-16(13-23)12-17-18-2-1-4-22(18)5-3-20-17/h1-5,16H,6-15H2. The highest BCUT2D eigenvalue weighted by Gasteiger charge is 2.25. The highest BCUT2D eigenvalue weighted by atomic mass is 16.5. The number of carbonyl (C=O) groups excluding carboxylic acids is 1. The summed E-state index contributed by atoms with van der Waals surface area (Å²) in [6.07, 6.45) is 6.64. The number of hydrogen-bond donors (Lipinski definition) is 0. The largest absolute Gasteiger partial charge is 0.379 e. The molecular weight excluding hydrogens is 332 g/mol. The summed E-state index contributed by atoms with van der Waals surface area (Å²) in [5, 5.41) is 0. The molecule has 2 aliphatic rings. The molecule has 0 N–H and O–H groups in total. The smallest absolute Gasteiger partial charge is 0.236 e. The van der Waals surface area contributed by atoms with Gasteiger partial charge in [0.1, 0.15) is 0 Å². The lowest BCUT2D eigenvalue weighted by atomic mass is 10.0. The second-order valence-corrected chi connectivity index (χ2v) is 7.05. The van der Waals surface area contributed by atoms with Gasteiger partial charge >= 0.3 is 0 Å². The van der Waals surface area contributed by atoms with E-state index in [0.29, 0.717) is 39.5 Å². The Bertz CT molecular complexity index is 741. The van der Waals surface area contributed by atoms with Crippen molar-refractivity contribution in [2.24, 2.45) is 5.92 Å². The van der Waals surface area contributed by atoms with Gasteiger partial charge in [-0.1, -0.05) is 0 Å². The molecule has 2 saturated heterocycles. The van der Waals surface area contributed by atoms with Gasteiger partial charge in [-0.05, 0) is 18.6 Å². The predicted octanol–water partition coefficient (Wildman–Crippen LogP) is 0.684. The van der Waals surface area contributed by atoms with E-state index in [0.717, 1.165) is 37.3 Å². The van der Waals surface area contributed by atoms with Gasteiger partial charge < -0.3 is 18.8 Å². The molecule has 0 saturated carbocycles. The van der Waals surface area contributed by atoms with E-state index in [-0.39, 0.29) is 11.8 Å². The van der Waals surface area contributed by atoms with Crippen molar-refractivity contribution in [2.75, 3.05) is 59.2 Å². The number of amides is 1. The first-order chi connectivity index (χ1) is 12.8. The Balaban J connectivity index is 1.40. The van der Waals surface area contributed by atoms with Crippen molar-refractivity contribution in [1.82, 2.24) is 19.2 Å². The summed E-state index contributed by atoms with van der Waals surface area (Å²) < 4.78 is 13.2. The maximum atomic E-state index is 12.8. The quantitative estimate of drug-likeness (QED) is 0.805. The molecule has 2 aliphatic heterocycles. The molecule has 26 heavy (non-hydrogen) atoms. The normalized spacial score (nSPS) is 22.5. The van der Waals surface area contributed by atoms with Crippen molar-refractivity contribution < 1.29 is 14.3 Å². The van der Waals surface area contributed by atoms with Crippen LogP contribution >= 0.6 is 0 Å². The Morgan fingerprint density at radius 1 is 1.15 bits per heavy atom. The van der Waals surface area contributed by atoms with E-state index in [1.165, 1.54) is 0 Å². The average Bonchev–Trinajstić information content (AvgIpc) is 3.02. The minimum absolute atomic E-state index is 0.191. The number of hydrogen-bond acceptors (Lipinski definition) is 5. The molecule has 4 heterocycles. The van der Waals surface area contributed by atoms with E-state index in [9.17, 15) is 4.79 Å². The minimum atomic E-state index is 0.191. The van der Waals surface area contributed by atoms with Crippen molar-refractivity contribution in [1.29, 1.82) is 0 Å². The molecule has 0 aromatic carbocycles. The van der Waals surface area contributed by atoms with Crippen LogP contribution in [0.2, 0.25) is 0 Å². The molecule has 1 unspecified atom stereocenters. The number of fused-ring (bicyclic) bond motifs is 1. The van der Waals surface area contributed by atoms with E-state index >= 15 is 0 Å². The maximum Gasteiger partial charge on any atom is 0.236 e. The van der Waals surface area contributed by atoms with E-state index < -0.39 is 0 Å². The van der Waals surface area contributed by atoms with Gasteiger partial charge in [0.2, 0.25) is 5.91 Å². The van der Waals surface area contributed by atoms with E-state index in [2.05, 4.69) is 20.4 Å². The summed E-state index contributed by atoms with van der Waals surface area (Å²) >= 11 is 0. The van der Waals surface area contributed by atoms with Crippen molar-refractivity contribution in [3.63, 3.8) is 0 Å². The molecule has 140 valence electrons. The predicted molar refractivity (Wildman–Crippen MR) is 97.0 cm³/mol. The van der Waals surface area contributed by atoms with Crippen molar-refractivity contribution in [2.45, 2.75) is 6.42 Å². The lowest BCUT2D eigenvalue weighted by molar-refractivity contribution is -0.133. The van der Waals surface area contributed by atoms with Gasteiger partial charge in [0, 0.05) is 50.7 Å². The van der Waals surface area contributed by atoms with E-state index in [1.54, 1.807) is 0 Å². The molecule has 7 nitrogen and oxygen atoms in total. The molecular formula is C19H26N4O3. The van der Waals surface area contributed by atoms with Crippen LogP contribution in [0.25, 0.3) is 5.52 Å². The summed E-state index contributed by atoms with van der Waals surface area (Å²) in [6.45, 7) is 6.24. The summed E-state index contributed by atoms with van der Waals surface area (Å²) in [6, 6.07) is 4.11. The minimum Gasteiger partial charge on any atom is -0.379 e. The second-order valence-electron chi connectivity index (χ2n) is 7.05. The Hall–Kier alpha value is -1.96. The second kappa shape index (κ2) is 8.16. The van der Waals surface area contributed by atoms with Crippen LogP contribution < -0.4 is 0 Å². The van der Waals surface area contributed by atoms with Gasteiger partial charge in [-0.25, -0.2) is 0 Å². The highest BCUT2D eigenvalue weighted by molar-refractivity contribution is 5.78. The van der Waals surface area contributed by atoms with Crippen LogP contribution in [0.15, 0.2) is 30.7 Å². The summed E-state index contributed by atoms with van der Waals surface area (Å²) in [5.41, 5.74) is 2.19. The fourth-order valence-corrected chi connectivity index (χ4v) is 3.74. The summed E-state index contributed by atoms with van der Waals surface area (Å²) in [4.78, 5) is 21.5. The first-order valence-corrected chi connectivity index (χ1v) is 9.36. The highest BCUT2D eigenvalue weighted by Crippen LogP contribution is 2.17. The number of carbonyl (C=O) groups is 1. The first kappa shape index (κ1) is 17.5. The van der Waals surface area contributed by atoms with Crippen LogP contribution in [-0.4, -0.2) is 84.2 Å². The molecule has 0 bridgehead atoms. The van der Waals surface area contributed by atoms with Crippen molar-refractivity contribution >= 4 is 11.4 Å². The third kappa shape index (κ3) is 4.06. The van der Waals surface area contributed by atoms with Gasteiger partial charge in [0.05, 0.1) is 44.2 Å². The molecule has 2 fully saturated rings. The zero-order valence-corrected chi connectivity index (χ0v) is 15.0. The van der Waals surface area contributed by atoms with Crippen LogP contribution in [0, 0.1) is 5.92 Å². The summed E-state index contributed by atoms with van der Waals surface area (Å²) in [7, 11) is 0. The van der Waals surface area contributed by atoms with E-state index in [4.69, 9.17) is 9.47 Å². The van der Waals surface area contributed by atoms with Gasteiger partial charge in [-0.2, -0.15) is 0 Å². The fraction of sp³-hybridized carbons (Fsp3) is 0.579. The Morgan fingerprint density at radius 3 is 2.88 bits per heavy atom. The zero-order chi connectivity index (χ0) is 17.8. The molecule has 7 heteroatoms. The number of morpholine rings is 1. The van der Waals surface area contributed by atoms with Crippen LogP contribution in [0.5, 0.6) is 0 Å². The Morgan fingerprint density at radius 2 is 2.00 bits per heavy atom. The molecule has 0 aliphatic carbocycles. The number of nitrogens with zero attached hydrogens (tertiary/aromatic N) is 4. The molecule has 2 aromatic rings. The summed E-state index contributed by atoms with van der Waals surface area (Å²) in [5.74, 6) is 0.455. The monoisotopic (exact) mass is 358 g/mol. The first-order valence-electron chi connectivity index (χ1n) is 9.36. The Kier molecular flexibility index (Phi) is 5.48. The van der Waals surface area contributed by atoms with Crippen LogP contribution in [0.4, 0.5) is 0 Å². The van der Waals surface area contributed by atoms with Crippen LogP contribution in [0.1, 0.15) is 5.69 Å². The third-order valence-electron chi connectivity index (χ3n) is 5.17. The molecule has 2 aromatic heterocycles. The van der Waals surface area contributed by atoms with E-state index in [1.807, 2.05) is 29.6 Å². The SMILES string of the molecule is O=C(CN1CCOCC1)N1CCOCC(Cc2nccn3cccc23)C1. The Labute approximate surface area is 153 Å². The zero-order valence-electron chi connectivity index (χ0n) is 15.0. The lowest BCUT2D eigenvalue weighted by Gasteiger charge is -2.30. The topological polar surface area (TPSA) is 59.3 Å². The molecule has 0 spiro atoms. The van der Waals surface area contributed by atoms with Crippen molar-refractivity contribution in [3.8, 4) is 0 Å². The average molecular weight is 358 g/mol. The third-order valence-corrected chi connectivity index (χ3v) is 5.17. The van der Waals surface area contributed by atoms with Gasteiger partial charge in [-0.3, -0.25) is 14.7 Å². The van der Waals surface area contributed by atoms with Crippen LogP contribution in [0.3, 0.4) is 0 Å². The van der Waals surface area contributed by atoms with Gasteiger partial charge in [0.25, 0.3) is 0 Å². The lowest BCUT2D eigenvalue weighted by Crippen LogP contribution is -2.46. The molecule has 4 rings (SSSR count). The van der Waals surface area contributed by atoms with Gasteiger partial charge in [-0.15, -0.1) is 0 Å². The van der Waals surface area contributed by atoms with Gasteiger partial charge in [0.15, 0.2) is 0 Å². The number of ether oxygens (including phenoxy) is 2. The number of rotatable bonds is 4. The van der Waals surface area contributed by atoms with Crippen molar-refractivity contribution in [3.05, 3.63) is 36.4 Å². The van der Waals surface area contributed by atoms with Crippen LogP contribution in [-0.2, 0) is 20.7 Å². The molecule has 1 amide bonds. The number of aromatic nitrogens is 2. The molecule has 0 radical (unpaired) electrons.